The molecular weight excluding hydrogens is 560 g/mol. The van der Waals surface area contributed by atoms with Crippen LogP contribution in [0.25, 0.3) is 0 Å². The van der Waals surface area contributed by atoms with Gasteiger partial charge in [0.25, 0.3) is 0 Å². The number of methoxy groups -OCH3 is 3. The molecule has 42 heavy (non-hydrogen) atoms. The molecule has 0 heterocycles. The minimum Gasteiger partial charge on any atom is -0.466 e. The lowest BCUT2D eigenvalue weighted by atomic mass is 9.89. The van der Waals surface area contributed by atoms with Gasteiger partial charge in [-0.2, -0.15) is 0 Å². The van der Waals surface area contributed by atoms with Gasteiger partial charge in [0.15, 0.2) is 0 Å². The van der Waals surface area contributed by atoms with Crippen molar-refractivity contribution in [1.82, 2.24) is 0 Å². The molecule has 1 rings (SSSR count). The molecule has 1 atom stereocenters. The molecule has 1 saturated carbocycles. The summed E-state index contributed by atoms with van der Waals surface area (Å²) in [5.74, 6) is -5.04. The van der Waals surface area contributed by atoms with Crippen LogP contribution in [0.1, 0.15) is 58.8 Å². The van der Waals surface area contributed by atoms with Crippen molar-refractivity contribution in [3.8, 4) is 0 Å². The highest BCUT2D eigenvalue weighted by molar-refractivity contribution is 5.93. The highest BCUT2D eigenvalue weighted by atomic mass is 16.7. The number of carbonyl (C=O) groups is 7. The van der Waals surface area contributed by atoms with E-state index in [0.717, 1.165) is 82.8 Å². The van der Waals surface area contributed by atoms with E-state index in [4.69, 9.17) is 9.47 Å². The largest absolute Gasteiger partial charge is 0.466 e. The van der Waals surface area contributed by atoms with Crippen LogP contribution in [0.15, 0.2) is 36.5 Å². The van der Waals surface area contributed by atoms with Gasteiger partial charge < -0.3 is 33.2 Å². The topological polar surface area (TPSA) is 184 Å². The number of rotatable bonds is 13. The number of ether oxygens (including phenoxy) is 7. The molecule has 1 unspecified atom stereocenters. The average molecular weight is 599 g/mol. The van der Waals surface area contributed by atoms with Crippen LogP contribution in [0.2, 0.25) is 0 Å². The van der Waals surface area contributed by atoms with Gasteiger partial charge in [-0.1, -0.05) is 26.2 Å². The third-order valence-corrected chi connectivity index (χ3v) is 5.19. The quantitative estimate of drug-likeness (QED) is 0.130. The first-order chi connectivity index (χ1) is 19.9. The van der Waals surface area contributed by atoms with Crippen molar-refractivity contribution in [2.24, 2.45) is 5.92 Å². The fourth-order valence-corrected chi connectivity index (χ4v) is 3.15. The Hall–Kier alpha value is -4.49. The van der Waals surface area contributed by atoms with Crippen LogP contribution in [0.5, 0.6) is 0 Å². The van der Waals surface area contributed by atoms with E-state index in [1.54, 1.807) is 0 Å². The third-order valence-electron chi connectivity index (χ3n) is 5.19. The standard InChI is InChI=1S/C16H24O6.C12H14O8/c1-3-7-15(21-14(18)11-10-13(17)20-2)22-16(19)12-8-5-4-6-9-12;1-8(19-11(15)6-4-9(13)17-2)20-12(16)7-5-10(14)18-3/h10-12,15H,3-9H2,1-2H3;4-8H,1-3H3/b11-10+;6-4+,7-5+. The predicted octanol–water partition coefficient (Wildman–Crippen LogP) is 2.39. The molecule has 1 aliphatic carbocycles. The summed E-state index contributed by atoms with van der Waals surface area (Å²) in [6, 6.07) is 0. The van der Waals surface area contributed by atoms with Gasteiger partial charge in [0.2, 0.25) is 12.6 Å². The van der Waals surface area contributed by atoms with Crippen LogP contribution < -0.4 is 0 Å². The molecule has 0 saturated heterocycles. The molecule has 0 aliphatic heterocycles. The molecule has 1 aliphatic rings. The molecule has 1 fully saturated rings. The smallest absolute Gasteiger partial charge is 0.334 e. The second-order valence-electron chi connectivity index (χ2n) is 8.44. The van der Waals surface area contributed by atoms with Crippen LogP contribution in [-0.4, -0.2) is 75.7 Å². The Morgan fingerprint density at radius 3 is 1.36 bits per heavy atom. The lowest BCUT2D eigenvalue weighted by Crippen LogP contribution is -2.29. The van der Waals surface area contributed by atoms with E-state index in [1.807, 2.05) is 6.92 Å². The van der Waals surface area contributed by atoms with E-state index < -0.39 is 48.4 Å². The summed E-state index contributed by atoms with van der Waals surface area (Å²) in [5.41, 5.74) is 0. The fraction of sp³-hybridized carbons (Fsp3) is 0.536. The van der Waals surface area contributed by atoms with Crippen LogP contribution >= 0.6 is 0 Å². The summed E-state index contributed by atoms with van der Waals surface area (Å²) < 4.78 is 32.5. The zero-order valence-electron chi connectivity index (χ0n) is 24.4. The second-order valence-corrected chi connectivity index (χ2v) is 8.44. The maximum atomic E-state index is 12.1. The summed E-state index contributed by atoms with van der Waals surface area (Å²) in [4.78, 5) is 78.3. The summed E-state index contributed by atoms with van der Waals surface area (Å²) in [6.45, 7) is 3.19. The first kappa shape index (κ1) is 37.5. The van der Waals surface area contributed by atoms with E-state index in [0.29, 0.717) is 12.8 Å². The van der Waals surface area contributed by atoms with Crippen molar-refractivity contribution in [2.75, 3.05) is 21.3 Å². The lowest BCUT2D eigenvalue weighted by molar-refractivity contribution is -0.190. The Morgan fingerprint density at radius 2 is 0.976 bits per heavy atom. The normalized spacial score (nSPS) is 14.0. The highest BCUT2D eigenvalue weighted by Crippen LogP contribution is 2.25. The molecule has 14 heteroatoms. The van der Waals surface area contributed by atoms with Crippen LogP contribution in [-0.2, 0) is 66.7 Å². The van der Waals surface area contributed by atoms with Gasteiger partial charge in [0.1, 0.15) is 0 Å². The first-order valence-corrected chi connectivity index (χ1v) is 13.1. The lowest BCUT2D eigenvalue weighted by Gasteiger charge is -2.23. The maximum absolute atomic E-state index is 12.1. The predicted molar refractivity (Wildman–Crippen MR) is 143 cm³/mol. The van der Waals surface area contributed by atoms with Crippen LogP contribution in [0, 0.1) is 5.92 Å². The molecule has 14 nitrogen and oxygen atoms in total. The van der Waals surface area contributed by atoms with Crippen molar-refractivity contribution in [3.05, 3.63) is 36.5 Å². The van der Waals surface area contributed by atoms with E-state index in [9.17, 15) is 33.6 Å². The molecule has 234 valence electrons. The molecule has 0 spiro atoms. The van der Waals surface area contributed by atoms with Gasteiger partial charge in [-0.3, -0.25) is 4.79 Å². The highest BCUT2D eigenvalue weighted by Gasteiger charge is 2.26. The summed E-state index contributed by atoms with van der Waals surface area (Å²) in [5, 5.41) is 0. The summed E-state index contributed by atoms with van der Waals surface area (Å²) in [6.07, 6.45) is 9.16. The van der Waals surface area contributed by atoms with E-state index in [1.165, 1.54) is 14.0 Å². The molecule has 0 radical (unpaired) electrons. The van der Waals surface area contributed by atoms with Gasteiger partial charge in [0.05, 0.1) is 27.2 Å². The van der Waals surface area contributed by atoms with E-state index >= 15 is 0 Å². The number of hydrogen-bond donors (Lipinski definition) is 0. The van der Waals surface area contributed by atoms with Gasteiger partial charge in [0, 0.05) is 49.8 Å². The first-order valence-electron chi connectivity index (χ1n) is 13.1. The van der Waals surface area contributed by atoms with Crippen LogP contribution in [0.4, 0.5) is 0 Å². The molecular formula is C28H38O14. The van der Waals surface area contributed by atoms with Crippen molar-refractivity contribution in [2.45, 2.75) is 71.4 Å². The van der Waals surface area contributed by atoms with Crippen molar-refractivity contribution in [3.63, 3.8) is 0 Å². The Balaban J connectivity index is 0.000000805. The van der Waals surface area contributed by atoms with Crippen LogP contribution in [0.3, 0.4) is 0 Å². The second kappa shape index (κ2) is 22.2. The Morgan fingerprint density at radius 1 is 0.595 bits per heavy atom. The Labute approximate surface area is 243 Å². The Kier molecular flexibility index (Phi) is 19.9. The fourth-order valence-electron chi connectivity index (χ4n) is 3.15. The number of hydrogen-bond acceptors (Lipinski definition) is 14. The van der Waals surface area contributed by atoms with Gasteiger partial charge in [-0.15, -0.1) is 0 Å². The number of carbonyl (C=O) groups excluding carboxylic acids is 7. The number of esters is 7. The van der Waals surface area contributed by atoms with Gasteiger partial charge in [-0.25, -0.2) is 28.8 Å². The van der Waals surface area contributed by atoms with Gasteiger partial charge in [-0.05, 0) is 19.3 Å². The minimum atomic E-state index is -1.19. The molecule has 0 bridgehead atoms. The molecule has 0 aromatic carbocycles. The molecule has 0 aromatic heterocycles. The molecule has 0 amide bonds. The SMILES string of the molecule is CCCC(OC(=O)/C=C/C(=O)OC)OC(=O)C1CCCCC1.COC(=O)/C=C/C(=O)OC(C)OC(=O)/C=C/C(=O)OC. The van der Waals surface area contributed by atoms with E-state index in [2.05, 4.69) is 23.7 Å². The Bertz CT molecular complexity index is 964. The maximum Gasteiger partial charge on any atom is 0.334 e. The zero-order chi connectivity index (χ0) is 31.9. The monoisotopic (exact) mass is 598 g/mol. The zero-order valence-corrected chi connectivity index (χ0v) is 24.4. The van der Waals surface area contributed by atoms with E-state index in [-0.39, 0.29) is 11.9 Å². The average Bonchev–Trinajstić information content (AvgIpc) is 2.97. The summed E-state index contributed by atoms with van der Waals surface area (Å²) >= 11 is 0. The minimum absolute atomic E-state index is 0.0996. The van der Waals surface area contributed by atoms with Crippen molar-refractivity contribution < 1.29 is 66.7 Å². The summed E-state index contributed by atoms with van der Waals surface area (Å²) in [7, 11) is 3.51. The molecule has 0 N–H and O–H groups in total. The third kappa shape index (κ3) is 18.7. The van der Waals surface area contributed by atoms with Crippen molar-refractivity contribution >= 4 is 41.8 Å². The van der Waals surface area contributed by atoms with Crippen molar-refractivity contribution in [1.29, 1.82) is 0 Å². The molecule has 0 aromatic rings. The van der Waals surface area contributed by atoms with Gasteiger partial charge >= 0.3 is 41.8 Å².